The second-order valence-electron chi connectivity index (χ2n) is 8.08. The predicted octanol–water partition coefficient (Wildman–Crippen LogP) is 7.80. The van der Waals surface area contributed by atoms with E-state index < -0.39 is 39.2 Å². The molecule has 0 radical (unpaired) electrons. The van der Waals surface area contributed by atoms with Gasteiger partial charge in [0.1, 0.15) is 0 Å². The fraction of sp³-hybridized carbons (Fsp3) is 0.154. The number of nitro groups is 1. The summed E-state index contributed by atoms with van der Waals surface area (Å²) in [5.74, 6) is -0.729. The second kappa shape index (κ2) is 11.5. The summed E-state index contributed by atoms with van der Waals surface area (Å²) in [6.45, 7) is 1.96. The lowest BCUT2D eigenvalue weighted by atomic mass is 10.1. The Labute approximate surface area is 232 Å². The van der Waals surface area contributed by atoms with Crippen LogP contribution in [0.3, 0.4) is 0 Å². The highest BCUT2D eigenvalue weighted by Gasteiger charge is 2.35. The molecule has 39 heavy (non-hydrogen) atoms. The lowest BCUT2D eigenvalue weighted by molar-refractivity contribution is -0.385. The van der Waals surface area contributed by atoms with E-state index in [-0.39, 0.29) is 29.6 Å². The summed E-state index contributed by atoms with van der Waals surface area (Å²) in [6.07, 6.45) is -3.27. The Morgan fingerprint density at radius 3 is 2.46 bits per heavy atom. The molecule has 0 saturated carbocycles. The van der Waals surface area contributed by atoms with Crippen molar-refractivity contribution >= 4 is 50.6 Å². The van der Waals surface area contributed by atoms with E-state index in [1.165, 1.54) is 24.3 Å². The molecule has 0 aliphatic carbocycles. The van der Waals surface area contributed by atoms with Crippen LogP contribution in [0, 0.1) is 10.1 Å². The third-order valence-electron chi connectivity index (χ3n) is 5.37. The molecule has 3 aromatic carbocycles. The summed E-state index contributed by atoms with van der Waals surface area (Å²) in [5, 5.41) is 11.0. The quantitative estimate of drug-likeness (QED) is 0.143. The van der Waals surface area contributed by atoms with Gasteiger partial charge in [0.05, 0.1) is 28.5 Å². The number of carbonyl (C=O) groups is 2. The van der Waals surface area contributed by atoms with Gasteiger partial charge in [-0.2, -0.15) is 13.2 Å². The average Bonchev–Trinajstić information content (AvgIpc) is 3.12. The molecule has 0 spiro atoms. The van der Waals surface area contributed by atoms with Crippen molar-refractivity contribution in [2.45, 2.75) is 19.6 Å². The van der Waals surface area contributed by atoms with E-state index in [9.17, 15) is 32.9 Å². The zero-order valence-electron chi connectivity index (χ0n) is 20.0. The molecule has 1 fully saturated rings. The summed E-state index contributed by atoms with van der Waals surface area (Å²) in [5.41, 5.74) is -0.808. The van der Waals surface area contributed by atoms with Crippen molar-refractivity contribution in [3.05, 3.63) is 96.8 Å². The van der Waals surface area contributed by atoms with Crippen molar-refractivity contribution in [2.24, 2.45) is 0 Å². The first-order valence-corrected chi connectivity index (χ1v) is 12.9. The molecular weight excluding hydrogens is 605 g/mol. The Kier molecular flexibility index (Phi) is 8.31. The van der Waals surface area contributed by atoms with Crippen molar-refractivity contribution < 1.29 is 37.2 Å². The third kappa shape index (κ3) is 6.60. The van der Waals surface area contributed by atoms with Gasteiger partial charge in [-0.3, -0.25) is 24.6 Å². The zero-order valence-corrected chi connectivity index (χ0v) is 22.4. The molecule has 1 aliphatic heterocycles. The topological polar surface area (TPSA) is 99.0 Å². The van der Waals surface area contributed by atoms with E-state index in [1.807, 2.05) is 6.07 Å². The van der Waals surface area contributed by atoms with E-state index >= 15 is 0 Å². The number of alkyl halides is 3. The molecule has 3 aromatic rings. The van der Waals surface area contributed by atoms with Gasteiger partial charge in [0.15, 0.2) is 11.5 Å². The number of benzene rings is 3. The summed E-state index contributed by atoms with van der Waals surface area (Å²) >= 11 is 4.14. The van der Waals surface area contributed by atoms with Crippen LogP contribution in [0.15, 0.2) is 70.0 Å². The lowest BCUT2D eigenvalue weighted by Crippen LogP contribution is -2.27. The van der Waals surface area contributed by atoms with Gasteiger partial charge in [-0.25, -0.2) is 0 Å². The van der Waals surface area contributed by atoms with E-state index in [1.54, 1.807) is 25.1 Å². The van der Waals surface area contributed by atoms with Crippen molar-refractivity contribution in [3.8, 4) is 17.2 Å². The molecule has 0 N–H and O–H groups in total. The first-order chi connectivity index (χ1) is 18.5. The van der Waals surface area contributed by atoms with Crippen molar-refractivity contribution in [2.75, 3.05) is 6.61 Å². The van der Waals surface area contributed by atoms with Crippen LogP contribution in [0.1, 0.15) is 23.6 Å². The van der Waals surface area contributed by atoms with Crippen LogP contribution >= 0.6 is 27.7 Å². The molecule has 1 heterocycles. The Morgan fingerprint density at radius 2 is 1.79 bits per heavy atom. The molecule has 202 valence electrons. The van der Waals surface area contributed by atoms with Crippen LogP contribution in [0.4, 0.5) is 23.7 Å². The average molecular weight is 623 g/mol. The van der Waals surface area contributed by atoms with Crippen molar-refractivity contribution in [1.29, 1.82) is 0 Å². The zero-order chi connectivity index (χ0) is 28.3. The van der Waals surface area contributed by atoms with Gasteiger partial charge in [0.25, 0.3) is 11.1 Å². The maximum atomic E-state index is 13.0. The number of rotatable bonds is 8. The highest BCUT2D eigenvalue weighted by Crippen LogP contribution is 2.41. The van der Waals surface area contributed by atoms with Crippen LogP contribution in [0.5, 0.6) is 17.2 Å². The van der Waals surface area contributed by atoms with Gasteiger partial charge in [0.2, 0.25) is 5.75 Å². The molecular formula is C26H18BrF3N2O6S. The van der Waals surface area contributed by atoms with Gasteiger partial charge in [-0.05, 0) is 72.3 Å². The normalized spacial score (nSPS) is 14.7. The number of amides is 2. The van der Waals surface area contributed by atoms with Gasteiger partial charge >= 0.3 is 11.9 Å². The smallest absolute Gasteiger partial charge is 0.416 e. The van der Waals surface area contributed by atoms with Crippen LogP contribution in [0.2, 0.25) is 0 Å². The Hall–Kier alpha value is -3.84. The van der Waals surface area contributed by atoms with Gasteiger partial charge in [-0.15, -0.1) is 0 Å². The van der Waals surface area contributed by atoms with Crippen molar-refractivity contribution in [3.63, 3.8) is 0 Å². The highest BCUT2D eigenvalue weighted by molar-refractivity contribution is 9.10. The van der Waals surface area contributed by atoms with Crippen molar-refractivity contribution in [1.82, 2.24) is 4.90 Å². The highest BCUT2D eigenvalue weighted by atomic mass is 79.9. The maximum Gasteiger partial charge on any atom is 0.416 e. The minimum Gasteiger partial charge on any atom is -0.490 e. The maximum absolute atomic E-state index is 13.0. The number of thioether (sulfide) groups is 1. The minimum atomic E-state index is -4.76. The number of nitrogens with zero attached hydrogens (tertiary/aromatic N) is 2. The minimum absolute atomic E-state index is 0.0135. The standard InChI is InChI=1S/C26H18BrF3N2O6S/c1-2-37-22-11-15(12-23-24(33)31(25(34)39-23)14-16-4-3-5-18(27)10-16)6-8-21(22)38-20-9-7-17(26(28,29)30)13-19(20)32(35)36/h3-13H,2,14H2,1H3/b23-12+. The summed E-state index contributed by atoms with van der Waals surface area (Å²) in [6, 6.07) is 13.6. The number of imide groups is 1. The summed E-state index contributed by atoms with van der Waals surface area (Å²) in [7, 11) is 0. The van der Waals surface area contributed by atoms with Crippen LogP contribution in [0.25, 0.3) is 6.08 Å². The Balaban J connectivity index is 1.60. The predicted molar refractivity (Wildman–Crippen MR) is 141 cm³/mol. The Morgan fingerprint density at radius 1 is 1.05 bits per heavy atom. The first-order valence-electron chi connectivity index (χ1n) is 11.3. The van der Waals surface area contributed by atoms with Gasteiger partial charge < -0.3 is 9.47 Å². The van der Waals surface area contributed by atoms with Gasteiger partial charge in [0, 0.05) is 10.5 Å². The Bertz CT molecular complexity index is 1490. The van der Waals surface area contributed by atoms with Gasteiger partial charge in [-0.1, -0.05) is 34.1 Å². The molecule has 1 aliphatic rings. The molecule has 0 unspecified atom stereocenters. The number of carbonyl (C=O) groups excluding carboxylic acids is 2. The summed E-state index contributed by atoms with van der Waals surface area (Å²) < 4.78 is 51.1. The summed E-state index contributed by atoms with van der Waals surface area (Å²) in [4.78, 5) is 37.2. The SMILES string of the molecule is CCOc1cc(/C=C2/SC(=O)N(Cc3cccc(Br)c3)C2=O)ccc1Oc1ccc(C(F)(F)F)cc1[N+](=O)[O-]. The van der Waals surface area contributed by atoms with Crippen LogP contribution in [-0.4, -0.2) is 27.6 Å². The fourth-order valence-corrected chi connectivity index (χ4v) is 4.90. The molecule has 13 heteroatoms. The number of hydrogen-bond donors (Lipinski definition) is 0. The molecule has 0 atom stereocenters. The van der Waals surface area contributed by atoms with E-state index in [4.69, 9.17) is 9.47 Å². The van der Waals surface area contributed by atoms with Crippen LogP contribution < -0.4 is 9.47 Å². The first kappa shape index (κ1) is 28.2. The lowest BCUT2D eigenvalue weighted by Gasteiger charge is -2.14. The van der Waals surface area contributed by atoms with Crippen LogP contribution in [-0.2, 0) is 17.5 Å². The molecule has 8 nitrogen and oxygen atoms in total. The second-order valence-corrected chi connectivity index (χ2v) is 9.99. The number of halogens is 4. The largest absolute Gasteiger partial charge is 0.490 e. The monoisotopic (exact) mass is 622 g/mol. The number of ether oxygens (including phenoxy) is 2. The van der Waals surface area contributed by atoms with E-state index in [0.29, 0.717) is 17.7 Å². The molecule has 1 saturated heterocycles. The van der Waals surface area contributed by atoms with E-state index in [2.05, 4.69) is 15.9 Å². The third-order valence-corrected chi connectivity index (χ3v) is 6.77. The molecule has 0 aromatic heterocycles. The molecule has 2 amide bonds. The van der Waals surface area contributed by atoms with E-state index in [0.717, 1.165) is 32.8 Å². The molecule has 0 bridgehead atoms. The number of nitro benzene ring substituents is 1. The molecule has 4 rings (SSSR count). The fourth-order valence-electron chi connectivity index (χ4n) is 3.61. The number of hydrogen-bond acceptors (Lipinski definition) is 7.